The summed E-state index contributed by atoms with van der Waals surface area (Å²) in [4.78, 5) is 2.42. The molecule has 1 unspecified atom stereocenters. The quantitative estimate of drug-likeness (QED) is 0.907. The van der Waals surface area contributed by atoms with E-state index in [4.69, 9.17) is 5.73 Å². The molecule has 0 bridgehead atoms. The van der Waals surface area contributed by atoms with Crippen LogP contribution in [0.25, 0.3) is 0 Å². The summed E-state index contributed by atoms with van der Waals surface area (Å²) in [5, 5.41) is 4.44. The van der Waals surface area contributed by atoms with Crippen LogP contribution >= 0.6 is 0 Å². The molecule has 0 amide bonds. The Hall–Kier alpha value is -1.81. The average Bonchev–Trinajstić information content (AvgIpc) is 3.09. The van der Waals surface area contributed by atoms with Gasteiger partial charge in [0.05, 0.1) is 12.2 Å². The normalized spacial score (nSPS) is 15.4. The molecule has 0 saturated carbocycles. The lowest BCUT2D eigenvalue weighted by molar-refractivity contribution is 0.599. The van der Waals surface area contributed by atoms with Crippen molar-refractivity contribution in [3.63, 3.8) is 0 Å². The standard InChI is InChI=1S/C16H22N4/c1-2-8-19-12-14(11-18-19)16(10-17)20-9-7-13-5-3-4-6-15(13)20/h3-6,11-12,16H,2,7-10,17H2,1H3. The first-order valence-electron chi connectivity index (χ1n) is 7.40. The van der Waals surface area contributed by atoms with E-state index >= 15 is 0 Å². The number of hydrogen-bond acceptors (Lipinski definition) is 3. The van der Waals surface area contributed by atoms with Crippen LogP contribution in [-0.4, -0.2) is 22.9 Å². The molecule has 20 heavy (non-hydrogen) atoms. The molecule has 4 heteroatoms. The minimum atomic E-state index is 0.226. The number of fused-ring (bicyclic) bond motifs is 1. The molecular formula is C16H22N4. The Bertz CT molecular complexity index is 575. The zero-order valence-corrected chi connectivity index (χ0v) is 12.0. The molecular weight excluding hydrogens is 248 g/mol. The summed E-state index contributed by atoms with van der Waals surface area (Å²) in [6.45, 7) is 4.79. The first-order valence-corrected chi connectivity index (χ1v) is 7.40. The van der Waals surface area contributed by atoms with Crippen molar-refractivity contribution in [1.29, 1.82) is 0 Å². The third-order valence-electron chi connectivity index (χ3n) is 4.01. The summed E-state index contributed by atoms with van der Waals surface area (Å²) in [5.41, 5.74) is 10.0. The Morgan fingerprint density at radius 2 is 2.20 bits per heavy atom. The maximum absolute atomic E-state index is 6.05. The Kier molecular flexibility index (Phi) is 3.74. The van der Waals surface area contributed by atoms with Gasteiger partial charge in [-0.3, -0.25) is 4.68 Å². The van der Waals surface area contributed by atoms with Crippen LogP contribution in [0, 0.1) is 0 Å². The molecule has 0 aliphatic carbocycles. The van der Waals surface area contributed by atoms with Crippen LogP contribution in [0.2, 0.25) is 0 Å². The van der Waals surface area contributed by atoms with Crippen molar-refractivity contribution in [1.82, 2.24) is 9.78 Å². The third kappa shape index (κ3) is 2.31. The molecule has 2 N–H and O–H groups in total. The van der Waals surface area contributed by atoms with Crippen LogP contribution in [-0.2, 0) is 13.0 Å². The van der Waals surface area contributed by atoms with E-state index in [1.54, 1.807) is 0 Å². The van der Waals surface area contributed by atoms with E-state index in [1.807, 2.05) is 10.9 Å². The van der Waals surface area contributed by atoms with Crippen LogP contribution in [0.5, 0.6) is 0 Å². The second-order valence-corrected chi connectivity index (χ2v) is 5.36. The Labute approximate surface area is 120 Å². The van der Waals surface area contributed by atoms with Gasteiger partial charge in [0.25, 0.3) is 0 Å². The third-order valence-corrected chi connectivity index (χ3v) is 4.01. The number of anilines is 1. The van der Waals surface area contributed by atoms with E-state index in [0.717, 1.165) is 25.9 Å². The summed E-state index contributed by atoms with van der Waals surface area (Å²) >= 11 is 0. The van der Waals surface area contributed by atoms with Gasteiger partial charge in [0.15, 0.2) is 0 Å². The van der Waals surface area contributed by atoms with Gasteiger partial charge in [0.1, 0.15) is 0 Å². The monoisotopic (exact) mass is 270 g/mol. The lowest BCUT2D eigenvalue weighted by Gasteiger charge is -2.28. The first-order chi connectivity index (χ1) is 9.83. The zero-order chi connectivity index (χ0) is 13.9. The molecule has 2 aromatic rings. The predicted octanol–water partition coefficient (Wildman–Crippen LogP) is 2.36. The highest BCUT2D eigenvalue weighted by Gasteiger charge is 2.26. The summed E-state index contributed by atoms with van der Waals surface area (Å²) in [5.74, 6) is 0. The summed E-state index contributed by atoms with van der Waals surface area (Å²) < 4.78 is 2.01. The maximum atomic E-state index is 6.05. The van der Waals surface area contributed by atoms with E-state index < -0.39 is 0 Å². The van der Waals surface area contributed by atoms with Gasteiger partial charge in [0.2, 0.25) is 0 Å². The smallest absolute Gasteiger partial charge is 0.0695 e. The van der Waals surface area contributed by atoms with Crippen LogP contribution in [0.15, 0.2) is 36.7 Å². The highest BCUT2D eigenvalue weighted by Crippen LogP contribution is 2.34. The van der Waals surface area contributed by atoms with E-state index in [0.29, 0.717) is 6.54 Å². The van der Waals surface area contributed by atoms with Crippen molar-refractivity contribution >= 4 is 5.69 Å². The first kappa shape index (κ1) is 13.2. The molecule has 3 rings (SSSR count). The predicted molar refractivity (Wildman–Crippen MR) is 81.8 cm³/mol. The Morgan fingerprint density at radius 1 is 1.35 bits per heavy atom. The second-order valence-electron chi connectivity index (χ2n) is 5.36. The van der Waals surface area contributed by atoms with Crippen LogP contribution in [0.3, 0.4) is 0 Å². The average molecular weight is 270 g/mol. The fraction of sp³-hybridized carbons (Fsp3) is 0.438. The van der Waals surface area contributed by atoms with E-state index in [9.17, 15) is 0 Å². The van der Waals surface area contributed by atoms with Gasteiger partial charge >= 0.3 is 0 Å². The Balaban J connectivity index is 1.87. The molecule has 0 fully saturated rings. The summed E-state index contributed by atoms with van der Waals surface area (Å²) in [6, 6.07) is 8.85. The molecule has 1 atom stereocenters. The van der Waals surface area contributed by atoms with Gasteiger partial charge in [-0.25, -0.2) is 0 Å². The van der Waals surface area contributed by atoms with Gasteiger partial charge < -0.3 is 10.6 Å². The topological polar surface area (TPSA) is 47.1 Å². The largest absolute Gasteiger partial charge is 0.363 e. The van der Waals surface area contributed by atoms with Crippen molar-refractivity contribution < 1.29 is 0 Å². The number of benzene rings is 1. The fourth-order valence-electron chi connectivity index (χ4n) is 3.03. The number of nitrogens with two attached hydrogens (primary N) is 1. The number of para-hydroxylation sites is 1. The number of aromatic nitrogens is 2. The van der Waals surface area contributed by atoms with Gasteiger partial charge in [-0.05, 0) is 24.5 Å². The van der Waals surface area contributed by atoms with E-state index in [1.165, 1.54) is 16.8 Å². The van der Waals surface area contributed by atoms with Crippen molar-refractivity contribution in [2.24, 2.45) is 5.73 Å². The number of rotatable bonds is 5. The van der Waals surface area contributed by atoms with E-state index in [-0.39, 0.29) is 6.04 Å². The minimum Gasteiger partial charge on any atom is -0.363 e. The lowest BCUT2D eigenvalue weighted by atomic mass is 10.1. The van der Waals surface area contributed by atoms with Gasteiger partial charge in [-0.2, -0.15) is 5.10 Å². The molecule has 0 saturated heterocycles. The summed E-state index contributed by atoms with van der Waals surface area (Å²) in [7, 11) is 0. The maximum Gasteiger partial charge on any atom is 0.0695 e. The molecule has 1 aliphatic rings. The second kappa shape index (κ2) is 5.67. The van der Waals surface area contributed by atoms with Gasteiger partial charge in [-0.15, -0.1) is 0 Å². The van der Waals surface area contributed by atoms with Crippen LogP contribution in [0.1, 0.15) is 30.5 Å². The molecule has 1 aromatic carbocycles. The molecule has 2 heterocycles. The zero-order valence-electron chi connectivity index (χ0n) is 12.0. The highest BCUT2D eigenvalue weighted by atomic mass is 15.3. The summed E-state index contributed by atoms with van der Waals surface area (Å²) in [6.07, 6.45) is 6.31. The molecule has 1 aromatic heterocycles. The van der Waals surface area contributed by atoms with Crippen LogP contribution < -0.4 is 10.6 Å². The van der Waals surface area contributed by atoms with Crippen molar-refractivity contribution in [2.75, 3.05) is 18.0 Å². The molecule has 0 spiro atoms. The number of aryl methyl sites for hydroxylation is 1. The SMILES string of the molecule is CCCn1cc(C(CN)N2CCc3ccccc32)cn1. The van der Waals surface area contributed by atoms with Crippen molar-refractivity contribution in [3.8, 4) is 0 Å². The Morgan fingerprint density at radius 3 is 3.00 bits per heavy atom. The molecule has 4 nitrogen and oxygen atoms in total. The van der Waals surface area contributed by atoms with Gasteiger partial charge in [0, 0.05) is 37.1 Å². The van der Waals surface area contributed by atoms with E-state index in [2.05, 4.69) is 47.4 Å². The van der Waals surface area contributed by atoms with Gasteiger partial charge in [-0.1, -0.05) is 25.1 Å². The fourth-order valence-corrected chi connectivity index (χ4v) is 3.03. The number of hydrogen-bond donors (Lipinski definition) is 1. The molecule has 0 radical (unpaired) electrons. The molecule has 1 aliphatic heterocycles. The number of nitrogens with zero attached hydrogens (tertiary/aromatic N) is 3. The van der Waals surface area contributed by atoms with Crippen molar-refractivity contribution in [2.45, 2.75) is 32.4 Å². The van der Waals surface area contributed by atoms with Crippen molar-refractivity contribution in [3.05, 3.63) is 47.8 Å². The van der Waals surface area contributed by atoms with Crippen LogP contribution in [0.4, 0.5) is 5.69 Å². The lowest BCUT2D eigenvalue weighted by Crippen LogP contribution is -2.32. The molecule has 106 valence electrons. The highest BCUT2D eigenvalue weighted by molar-refractivity contribution is 5.59. The minimum absolute atomic E-state index is 0.226.